The second kappa shape index (κ2) is 8.11. The lowest BCUT2D eigenvalue weighted by atomic mass is 10.2. The van der Waals surface area contributed by atoms with E-state index in [1.54, 1.807) is 0 Å². The minimum absolute atomic E-state index is 0.769. The molecule has 0 atom stereocenters. The van der Waals surface area contributed by atoms with Crippen LogP contribution in [0.1, 0.15) is 18.4 Å². The molecule has 1 fully saturated rings. The largest absolute Gasteiger partial charge is 0.302 e. The van der Waals surface area contributed by atoms with E-state index < -0.39 is 0 Å². The van der Waals surface area contributed by atoms with E-state index in [2.05, 4.69) is 21.9 Å². The molecule has 106 valence electrons. The molecular formula is C15H22Cl2N2. The van der Waals surface area contributed by atoms with Crippen LogP contribution in [0, 0.1) is 0 Å². The quantitative estimate of drug-likeness (QED) is 0.768. The first-order valence-corrected chi connectivity index (χ1v) is 7.94. The van der Waals surface area contributed by atoms with Crippen LogP contribution in [-0.4, -0.2) is 48.4 Å². The van der Waals surface area contributed by atoms with E-state index in [1.807, 2.05) is 12.1 Å². The van der Waals surface area contributed by atoms with Crippen molar-refractivity contribution in [3.05, 3.63) is 34.9 Å². The molecule has 0 radical (unpaired) electrons. The first kappa shape index (κ1) is 15.1. The van der Waals surface area contributed by atoms with Crippen LogP contribution < -0.4 is 0 Å². The summed E-state index contributed by atoms with van der Waals surface area (Å²) in [5, 5.41) is 0.812. The van der Waals surface area contributed by atoms with E-state index in [9.17, 15) is 0 Å². The second-order valence-corrected chi connectivity index (χ2v) is 5.95. The number of rotatable bonds is 5. The topological polar surface area (TPSA) is 6.48 Å². The molecule has 1 heterocycles. The average Bonchev–Trinajstić information content (AvgIpc) is 2.64. The van der Waals surface area contributed by atoms with Crippen molar-refractivity contribution in [2.75, 3.05) is 38.6 Å². The van der Waals surface area contributed by atoms with Gasteiger partial charge in [0, 0.05) is 30.5 Å². The zero-order chi connectivity index (χ0) is 13.5. The summed E-state index contributed by atoms with van der Waals surface area (Å²) < 4.78 is 0. The molecular weight excluding hydrogens is 279 g/mol. The lowest BCUT2D eigenvalue weighted by molar-refractivity contribution is 0.252. The van der Waals surface area contributed by atoms with Crippen molar-refractivity contribution in [1.82, 2.24) is 9.80 Å². The predicted octanol–water partition coefficient (Wildman–Crippen LogP) is 3.48. The highest BCUT2D eigenvalue weighted by Gasteiger charge is 2.14. The van der Waals surface area contributed by atoms with Crippen molar-refractivity contribution >= 4 is 23.2 Å². The van der Waals surface area contributed by atoms with Gasteiger partial charge in [-0.1, -0.05) is 23.7 Å². The Kier molecular flexibility index (Phi) is 6.45. The maximum Gasteiger partial charge on any atom is 0.0406 e. The maximum atomic E-state index is 5.92. The molecule has 0 aliphatic carbocycles. The van der Waals surface area contributed by atoms with Crippen LogP contribution in [0.5, 0.6) is 0 Å². The first-order chi connectivity index (χ1) is 9.28. The Morgan fingerprint density at radius 1 is 0.947 bits per heavy atom. The molecule has 0 saturated carbocycles. The van der Waals surface area contributed by atoms with Crippen molar-refractivity contribution in [2.45, 2.75) is 19.4 Å². The lowest BCUT2D eigenvalue weighted by Gasteiger charge is -2.21. The van der Waals surface area contributed by atoms with Crippen LogP contribution in [-0.2, 0) is 6.54 Å². The van der Waals surface area contributed by atoms with Gasteiger partial charge in [0.05, 0.1) is 0 Å². The molecule has 2 nitrogen and oxygen atoms in total. The smallest absolute Gasteiger partial charge is 0.0406 e. The van der Waals surface area contributed by atoms with Gasteiger partial charge in [0.1, 0.15) is 0 Å². The van der Waals surface area contributed by atoms with E-state index in [0.717, 1.165) is 43.5 Å². The standard InChI is InChI=1S/C15H22Cl2N2/c16-7-1-8-18-9-2-10-19(12-11-18)13-14-3-5-15(17)6-4-14/h3-6H,1-2,7-13H2. The molecule has 1 saturated heterocycles. The van der Waals surface area contributed by atoms with Crippen molar-refractivity contribution in [3.63, 3.8) is 0 Å². The zero-order valence-corrected chi connectivity index (χ0v) is 12.8. The van der Waals surface area contributed by atoms with Gasteiger partial charge in [-0.05, 0) is 50.2 Å². The third-order valence-corrected chi connectivity index (χ3v) is 4.13. The van der Waals surface area contributed by atoms with E-state index >= 15 is 0 Å². The van der Waals surface area contributed by atoms with Crippen molar-refractivity contribution in [2.24, 2.45) is 0 Å². The van der Waals surface area contributed by atoms with Crippen LogP contribution in [0.15, 0.2) is 24.3 Å². The number of benzene rings is 1. The van der Waals surface area contributed by atoms with Crippen molar-refractivity contribution < 1.29 is 0 Å². The Balaban J connectivity index is 1.80. The fourth-order valence-electron chi connectivity index (χ4n) is 2.54. The first-order valence-electron chi connectivity index (χ1n) is 7.03. The monoisotopic (exact) mass is 300 g/mol. The number of hydrogen-bond donors (Lipinski definition) is 0. The van der Waals surface area contributed by atoms with E-state index in [4.69, 9.17) is 23.2 Å². The Labute approximate surface area is 126 Å². The van der Waals surface area contributed by atoms with E-state index in [0.29, 0.717) is 0 Å². The summed E-state index contributed by atoms with van der Waals surface area (Å²) in [7, 11) is 0. The van der Waals surface area contributed by atoms with Gasteiger partial charge in [0.2, 0.25) is 0 Å². The van der Waals surface area contributed by atoms with E-state index in [-0.39, 0.29) is 0 Å². The SMILES string of the molecule is ClCCCN1CCCN(Cc2ccc(Cl)cc2)CC1. The molecule has 1 aromatic rings. The molecule has 1 aliphatic heterocycles. The van der Waals surface area contributed by atoms with Crippen LogP contribution in [0.2, 0.25) is 5.02 Å². The molecule has 0 N–H and O–H groups in total. The van der Waals surface area contributed by atoms with E-state index in [1.165, 1.54) is 25.1 Å². The molecule has 0 unspecified atom stereocenters. The molecule has 19 heavy (non-hydrogen) atoms. The summed E-state index contributed by atoms with van der Waals surface area (Å²) in [5.74, 6) is 0.769. The highest BCUT2D eigenvalue weighted by molar-refractivity contribution is 6.30. The number of nitrogens with zero attached hydrogens (tertiary/aromatic N) is 2. The van der Waals surface area contributed by atoms with Crippen molar-refractivity contribution in [1.29, 1.82) is 0 Å². The van der Waals surface area contributed by atoms with Gasteiger partial charge in [0.15, 0.2) is 0 Å². The predicted molar refractivity (Wildman–Crippen MR) is 83.1 cm³/mol. The Hall–Kier alpha value is -0.280. The van der Waals surface area contributed by atoms with Crippen LogP contribution in [0.4, 0.5) is 0 Å². The average molecular weight is 301 g/mol. The Morgan fingerprint density at radius 2 is 1.63 bits per heavy atom. The molecule has 0 amide bonds. The Morgan fingerprint density at radius 3 is 2.37 bits per heavy atom. The maximum absolute atomic E-state index is 5.92. The third kappa shape index (κ3) is 5.31. The summed E-state index contributed by atoms with van der Waals surface area (Å²) in [5.41, 5.74) is 1.35. The fraction of sp³-hybridized carbons (Fsp3) is 0.600. The summed E-state index contributed by atoms with van der Waals surface area (Å²) >= 11 is 11.7. The van der Waals surface area contributed by atoms with Gasteiger partial charge >= 0.3 is 0 Å². The number of alkyl halides is 1. The molecule has 4 heteroatoms. The van der Waals surface area contributed by atoms with Gasteiger partial charge in [-0.15, -0.1) is 11.6 Å². The molecule has 0 spiro atoms. The highest BCUT2D eigenvalue weighted by atomic mass is 35.5. The van der Waals surface area contributed by atoms with Crippen LogP contribution in [0.3, 0.4) is 0 Å². The minimum atomic E-state index is 0.769. The fourth-order valence-corrected chi connectivity index (χ4v) is 2.78. The molecule has 2 rings (SSSR count). The Bertz CT molecular complexity index is 367. The number of halogens is 2. The highest BCUT2D eigenvalue weighted by Crippen LogP contribution is 2.13. The number of hydrogen-bond acceptors (Lipinski definition) is 2. The van der Waals surface area contributed by atoms with Gasteiger partial charge in [-0.25, -0.2) is 0 Å². The van der Waals surface area contributed by atoms with Gasteiger partial charge < -0.3 is 4.90 Å². The van der Waals surface area contributed by atoms with Gasteiger partial charge in [-0.2, -0.15) is 0 Å². The zero-order valence-electron chi connectivity index (χ0n) is 11.3. The summed E-state index contributed by atoms with van der Waals surface area (Å²) in [6.07, 6.45) is 2.34. The van der Waals surface area contributed by atoms with Crippen LogP contribution in [0.25, 0.3) is 0 Å². The lowest BCUT2D eigenvalue weighted by Crippen LogP contribution is -2.31. The minimum Gasteiger partial charge on any atom is -0.302 e. The summed E-state index contributed by atoms with van der Waals surface area (Å²) in [4.78, 5) is 5.06. The molecule has 1 aliphatic rings. The summed E-state index contributed by atoms with van der Waals surface area (Å²) in [6.45, 7) is 6.85. The second-order valence-electron chi connectivity index (χ2n) is 5.14. The molecule has 1 aromatic carbocycles. The van der Waals surface area contributed by atoms with Gasteiger partial charge in [-0.3, -0.25) is 4.90 Å². The third-order valence-electron chi connectivity index (χ3n) is 3.61. The summed E-state index contributed by atoms with van der Waals surface area (Å²) in [6, 6.07) is 8.19. The normalized spacial score (nSPS) is 18.4. The van der Waals surface area contributed by atoms with Crippen LogP contribution >= 0.6 is 23.2 Å². The molecule has 0 bridgehead atoms. The van der Waals surface area contributed by atoms with Gasteiger partial charge in [0.25, 0.3) is 0 Å². The van der Waals surface area contributed by atoms with Crippen molar-refractivity contribution in [3.8, 4) is 0 Å². The molecule has 0 aromatic heterocycles.